The molecule has 0 spiro atoms. The van der Waals surface area contributed by atoms with E-state index in [0.717, 1.165) is 35.7 Å². The normalized spacial score (nSPS) is 12.5. The molecule has 5 heteroatoms. The molecule has 0 radical (unpaired) electrons. The van der Waals surface area contributed by atoms with Gasteiger partial charge in [0.15, 0.2) is 0 Å². The zero-order chi connectivity index (χ0) is 15.6. The lowest BCUT2D eigenvalue weighted by atomic mass is 10.1. The van der Waals surface area contributed by atoms with Crippen molar-refractivity contribution in [1.29, 1.82) is 0 Å². The summed E-state index contributed by atoms with van der Waals surface area (Å²) >= 11 is 0. The largest absolute Gasteiger partial charge is 0.328 e. The van der Waals surface area contributed by atoms with Gasteiger partial charge in [0.1, 0.15) is 11.6 Å². The summed E-state index contributed by atoms with van der Waals surface area (Å²) in [6.45, 7) is 6.84. The molecule has 0 fully saturated rings. The second-order valence-electron chi connectivity index (χ2n) is 5.41. The van der Waals surface area contributed by atoms with Gasteiger partial charge in [-0.1, -0.05) is 0 Å². The predicted octanol–water partition coefficient (Wildman–Crippen LogP) is 2.92. The molecular formula is C16H23FN4. The van der Waals surface area contributed by atoms with Crippen LogP contribution >= 0.6 is 0 Å². The fraction of sp³-hybridized carbons (Fsp3) is 0.438. The van der Waals surface area contributed by atoms with Crippen molar-refractivity contribution in [2.45, 2.75) is 33.2 Å². The highest BCUT2D eigenvalue weighted by molar-refractivity contribution is 5.64. The second kappa shape index (κ2) is 6.26. The smallest absolute Gasteiger partial charge is 0.134 e. The molecule has 2 aromatic rings. The van der Waals surface area contributed by atoms with Crippen LogP contribution in [0.5, 0.6) is 0 Å². The molecule has 0 bridgehead atoms. The van der Waals surface area contributed by atoms with Crippen LogP contribution in [0.2, 0.25) is 0 Å². The van der Waals surface area contributed by atoms with Gasteiger partial charge in [-0.25, -0.2) is 4.39 Å². The summed E-state index contributed by atoms with van der Waals surface area (Å²) < 4.78 is 15.0. The average Bonchev–Trinajstić information content (AvgIpc) is 2.68. The van der Waals surface area contributed by atoms with Crippen LogP contribution in [-0.4, -0.2) is 22.4 Å². The van der Waals surface area contributed by atoms with E-state index in [1.54, 1.807) is 12.1 Å². The minimum absolute atomic E-state index is 0.0681. The maximum atomic E-state index is 13.1. The molecule has 0 saturated heterocycles. The number of rotatable bonds is 5. The van der Waals surface area contributed by atoms with E-state index < -0.39 is 0 Å². The molecule has 2 rings (SSSR count). The second-order valence-corrected chi connectivity index (χ2v) is 5.41. The summed E-state index contributed by atoms with van der Waals surface area (Å²) in [6.07, 6.45) is 0.771. The van der Waals surface area contributed by atoms with Gasteiger partial charge in [-0.3, -0.25) is 4.68 Å². The van der Waals surface area contributed by atoms with E-state index in [4.69, 9.17) is 5.73 Å². The first-order valence-corrected chi connectivity index (χ1v) is 7.25. The summed E-state index contributed by atoms with van der Waals surface area (Å²) in [4.78, 5) is 2.14. The minimum Gasteiger partial charge on any atom is -0.328 e. The van der Waals surface area contributed by atoms with Gasteiger partial charge in [0.2, 0.25) is 0 Å². The van der Waals surface area contributed by atoms with Crippen LogP contribution < -0.4 is 10.6 Å². The van der Waals surface area contributed by atoms with E-state index in [0.29, 0.717) is 0 Å². The van der Waals surface area contributed by atoms with Crippen LogP contribution in [0.25, 0.3) is 0 Å². The number of aromatic nitrogens is 2. The van der Waals surface area contributed by atoms with E-state index in [1.807, 2.05) is 25.6 Å². The van der Waals surface area contributed by atoms with Gasteiger partial charge in [0.25, 0.3) is 0 Å². The Morgan fingerprint density at radius 1 is 1.33 bits per heavy atom. The van der Waals surface area contributed by atoms with Crippen LogP contribution in [-0.2, 0) is 13.5 Å². The van der Waals surface area contributed by atoms with Crippen molar-refractivity contribution in [2.24, 2.45) is 12.8 Å². The summed E-state index contributed by atoms with van der Waals surface area (Å²) in [7, 11) is 1.93. The molecule has 1 aromatic heterocycles. The molecule has 1 atom stereocenters. The molecule has 21 heavy (non-hydrogen) atoms. The lowest BCUT2D eigenvalue weighted by molar-refractivity contribution is 0.627. The Morgan fingerprint density at radius 3 is 2.48 bits per heavy atom. The third kappa shape index (κ3) is 3.24. The molecule has 0 aliphatic rings. The summed E-state index contributed by atoms with van der Waals surface area (Å²) in [5.74, 6) is 0.797. The fourth-order valence-electron chi connectivity index (χ4n) is 2.66. The quantitative estimate of drug-likeness (QED) is 0.921. The lowest BCUT2D eigenvalue weighted by Gasteiger charge is -2.25. The summed E-state index contributed by atoms with van der Waals surface area (Å²) in [5.41, 5.74) is 9.06. The van der Waals surface area contributed by atoms with Crippen molar-refractivity contribution in [3.63, 3.8) is 0 Å². The van der Waals surface area contributed by atoms with Crippen LogP contribution in [0.1, 0.15) is 25.1 Å². The Kier molecular flexibility index (Phi) is 4.63. The van der Waals surface area contributed by atoms with Crippen molar-refractivity contribution in [1.82, 2.24) is 9.78 Å². The standard InChI is InChI=1S/C16H23FN4/c1-5-21(14-8-6-13(17)7-9-14)16-15(10-11(2)18)12(3)19-20(16)4/h6-9,11H,5,10,18H2,1-4H3. The Bertz CT molecular complexity index is 601. The highest BCUT2D eigenvalue weighted by atomic mass is 19.1. The molecular weight excluding hydrogens is 267 g/mol. The number of halogens is 1. The first-order chi connectivity index (χ1) is 9.93. The van der Waals surface area contributed by atoms with Gasteiger partial charge >= 0.3 is 0 Å². The van der Waals surface area contributed by atoms with Crippen molar-refractivity contribution in [2.75, 3.05) is 11.4 Å². The number of hydrogen-bond acceptors (Lipinski definition) is 3. The summed E-state index contributed by atoms with van der Waals surface area (Å²) in [6, 6.07) is 6.60. The maximum Gasteiger partial charge on any atom is 0.134 e. The van der Waals surface area contributed by atoms with Crippen molar-refractivity contribution in [3.8, 4) is 0 Å². The van der Waals surface area contributed by atoms with Crippen LogP contribution in [0.3, 0.4) is 0 Å². The highest BCUT2D eigenvalue weighted by Crippen LogP contribution is 2.30. The molecule has 4 nitrogen and oxygen atoms in total. The van der Waals surface area contributed by atoms with E-state index in [-0.39, 0.29) is 11.9 Å². The first-order valence-electron chi connectivity index (χ1n) is 7.25. The highest BCUT2D eigenvalue weighted by Gasteiger charge is 2.20. The van der Waals surface area contributed by atoms with Gasteiger partial charge < -0.3 is 10.6 Å². The number of hydrogen-bond donors (Lipinski definition) is 1. The van der Waals surface area contributed by atoms with Crippen molar-refractivity contribution in [3.05, 3.63) is 41.3 Å². The van der Waals surface area contributed by atoms with Crippen LogP contribution in [0, 0.1) is 12.7 Å². The minimum atomic E-state index is -0.230. The molecule has 0 amide bonds. The predicted molar refractivity (Wildman–Crippen MR) is 84.4 cm³/mol. The number of aryl methyl sites for hydroxylation is 2. The van der Waals surface area contributed by atoms with Gasteiger partial charge in [0.05, 0.1) is 5.69 Å². The van der Waals surface area contributed by atoms with E-state index in [2.05, 4.69) is 16.9 Å². The zero-order valence-electron chi connectivity index (χ0n) is 13.1. The molecule has 1 aromatic carbocycles. The first kappa shape index (κ1) is 15.5. The van der Waals surface area contributed by atoms with Crippen LogP contribution in [0.4, 0.5) is 15.9 Å². The van der Waals surface area contributed by atoms with Gasteiger partial charge in [-0.2, -0.15) is 5.10 Å². The maximum absolute atomic E-state index is 13.1. The van der Waals surface area contributed by atoms with E-state index in [1.165, 1.54) is 12.1 Å². The Morgan fingerprint density at radius 2 is 1.95 bits per heavy atom. The molecule has 1 heterocycles. The van der Waals surface area contributed by atoms with E-state index >= 15 is 0 Å². The molecule has 114 valence electrons. The molecule has 0 aliphatic heterocycles. The van der Waals surface area contributed by atoms with Crippen molar-refractivity contribution < 1.29 is 4.39 Å². The van der Waals surface area contributed by atoms with Gasteiger partial charge in [-0.15, -0.1) is 0 Å². The fourth-order valence-corrected chi connectivity index (χ4v) is 2.66. The number of anilines is 2. The third-order valence-corrected chi connectivity index (χ3v) is 3.55. The Hall–Kier alpha value is -1.88. The zero-order valence-corrected chi connectivity index (χ0v) is 13.1. The summed E-state index contributed by atoms with van der Waals surface area (Å²) in [5, 5.41) is 4.52. The SMILES string of the molecule is CCN(c1ccc(F)cc1)c1c(CC(C)N)c(C)nn1C. The Balaban J connectivity index is 2.49. The molecule has 1 unspecified atom stereocenters. The van der Waals surface area contributed by atoms with Crippen molar-refractivity contribution >= 4 is 11.5 Å². The number of nitrogens with two attached hydrogens (primary N) is 1. The average molecular weight is 290 g/mol. The number of benzene rings is 1. The molecule has 2 N–H and O–H groups in total. The van der Waals surface area contributed by atoms with Gasteiger partial charge in [-0.05, 0) is 51.5 Å². The third-order valence-electron chi connectivity index (χ3n) is 3.55. The van der Waals surface area contributed by atoms with Crippen LogP contribution in [0.15, 0.2) is 24.3 Å². The lowest BCUT2D eigenvalue weighted by Crippen LogP contribution is -2.23. The monoisotopic (exact) mass is 290 g/mol. The Labute approximate surface area is 125 Å². The van der Waals surface area contributed by atoms with Gasteiger partial charge in [0, 0.05) is 30.9 Å². The van der Waals surface area contributed by atoms with E-state index in [9.17, 15) is 4.39 Å². The topological polar surface area (TPSA) is 47.1 Å². The number of nitrogens with zero attached hydrogens (tertiary/aromatic N) is 3. The molecule has 0 saturated carbocycles. The molecule has 0 aliphatic carbocycles.